The van der Waals surface area contributed by atoms with Crippen LogP contribution in [0.15, 0.2) is 12.2 Å². The van der Waals surface area contributed by atoms with Crippen LogP contribution >= 0.6 is 12.2 Å². The van der Waals surface area contributed by atoms with E-state index in [2.05, 4.69) is 19.2 Å². The van der Waals surface area contributed by atoms with E-state index < -0.39 is 42.8 Å². The molecule has 31 heavy (non-hydrogen) atoms. The molecule has 0 amide bonds. The molecule has 8 nitrogen and oxygen atoms in total. The number of nitrogens with two attached hydrogens (primary N) is 1. The normalized spacial score (nSPS) is 28.2. The number of thiocarbonyl (C=S) groups is 1. The summed E-state index contributed by atoms with van der Waals surface area (Å²) >= 11 is 5.37. The van der Waals surface area contributed by atoms with Gasteiger partial charge in [-0.05, 0) is 18.3 Å². The topological polar surface area (TPSA) is 148 Å². The lowest BCUT2D eigenvalue weighted by Gasteiger charge is -2.32. The average molecular weight is 465 g/mol. The summed E-state index contributed by atoms with van der Waals surface area (Å²) in [4.78, 5) is 0.538. The van der Waals surface area contributed by atoms with Gasteiger partial charge in [0, 0.05) is 12.8 Å². The van der Waals surface area contributed by atoms with Gasteiger partial charge in [0.05, 0.1) is 29.8 Å². The molecule has 0 saturated heterocycles. The van der Waals surface area contributed by atoms with Crippen molar-refractivity contribution < 1.29 is 30.3 Å². The minimum atomic E-state index is -1.33. The van der Waals surface area contributed by atoms with Gasteiger partial charge in [-0.15, -0.1) is 0 Å². The third-order valence-electron chi connectivity index (χ3n) is 4.49. The second-order valence-corrected chi connectivity index (χ2v) is 9.83. The number of rotatable bonds is 8. The second-order valence-electron chi connectivity index (χ2n) is 9.34. The summed E-state index contributed by atoms with van der Waals surface area (Å²) in [5, 5.41) is 53.0. The first-order chi connectivity index (χ1) is 14.3. The molecule has 9 heteroatoms. The fraction of sp³-hybridized carbons (Fsp3) is 0.864. The zero-order chi connectivity index (χ0) is 24.2. The maximum absolute atomic E-state index is 10.4. The molecule has 0 aromatic carbocycles. The molecule has 1 rings (SSSR count). The van der Waals surface area contributed by atoms with Gasteiger partial charge in [0.25, 0.3) is 0 Å². The Morgan fingerprint density at radius 1 is 1.19 bits per heavy atom. The first-order valence-electron chi connectivity index (χ1n) is 11.1. The van der Waals surface area contributed by atoms with Gasteiger partial charge in [-0.25, -0.2) is 0 Å². The Bertz CT molecular complexity index is 527. The van der Waals surface area contributed by atoms with Crippen molar-refractivity contribution in [1.82, 2.24) is 5.32 Å². The van der Waals surface area contributed by atoms with Crippen LogP contribution in [0, 0.1) is 5.41 Å². The van der Waals surface area contributed by atoms with Crippen molar-refractivity contribution in [1.29, 1.82) is 0 Å². The van der Waals surface area contributed by atoms with E-state index in [4.69, 9.17) is 22.7 Å². The Hall–Kier alpha value is -0.650. The summed E-state index contributed by atoms with van der Waals surface area (Å²) in [6.07, 6.45) is -0.726. The fourth-order valence-electron chi connectivity index (χ4n) is 2.97. The summed E-state index contributed by atoms with van der Waals surface area (Å²) in [5.74, 6) is 0. The van der Waals surface area contributed by atoms with Crippen LogP contribution in [-0.4, -0.2) is 79.9 Å². The summed E-state index contributed by atoms with van der Waals surface area (Å²) in [5.41, 5.74) is 5.33. The van der Waals surface area contributed by atoms with Crippen molar-refractivity contribution in [3.05, 3.63) is 12.2 Å². The first kappa shape index (κ1) is 30.4. The van der Waals surface area contributed by atoms with Gasteiger partial charge >= 0.3 is 0 Å². The van der Waals surface area contributed by atoms with Crippen LogP contribution in [0.3, 0.4) is 0 Å². The van der Waals surface area contributed by atoms with Crippen molar-refractivity contribution in [2.45, 2.75) is 110 Å². The van der Waals surface area contributed by atoms with E-state index in [1.807, 2.05) is 20.8 Å². The highest BCUT2D eigenvalue weighted by Crippen LogP contribution is 2.20. The number of aliphatic hydroxyl groups excluding tert-OH is 5. The quantitative estimate of drug-likeness (QED) is 0.158. The largest absolute Gasteiger partial charge is 0.391 e. The smallest absolute Gasteiger partial charge is 0.112 e. The van der Waals surface area contributed by atoms with Crippen LogP contribution in [0.2, 0.25) is 0 Å². The van der Waals surface area contributed by atoms with E-state index in [1.54, 1.807) is 12.2 Å². The van der Waals surface area contributed by atoms with Crippen LogP contribution < -0.4 is 11.1 Å². The van der Waals surface area contributed by atoms with Crippen LogP contribution in [0.25, 0.3) is 0 Å². The Morgan fingerprint density at radius 3 is 2.29 bits per heavy atom. The third-order valence-corrected chi connectivity index (χ3v) is 4.75. The average Bonchev–Trinajstić information content (AvgIpc) is 2.62. The van der Waals surface area contributed by atoms with Crippen molar-refractivity contribution in [2.75, 3.05) is 6.61 Å². The molecular weight excluding hydrogens is 420 g/mol. The van der Waals surface area contributed by atoms with Crippen molar-refractivity contribution in [3.8, 4) is 0 Å². The lowest BCUT2D eigenvalue weighted by atomic mass is 9.92. The van der Waals surface area contributed by atoms with Crippen molar-refractivity contribution in [2.24, 2.45) is 11.1 Å². The molecule has 7 atom stereocenters. The molecule has 184 valence electrons. The molecule has 0 fully saturated rings. The Balaban J connectivity index is 0.00000282. The van der Waals surface area contributed by atoms with E-state index >= 15 is 0 Å². The van der Waals surface area contributed by atoms with Crippen LogP contribution in [0.5, 0.6) is 0 Å². The predicted molar refractivity (Wildman–Crippen MR) is 127 cm³/mol. The van der Waals surface area contributed by atoms with Crippen molar-refractivity contribution >= 4 is 17.2 Å². The Kier molecular flexibility index (Phi) is 14.9. The summed E-state index contributed by atoms with van der Waals surface area (Å²) < 4.78 is 5.73. The molecule has 0 bridgehead atoms. The maximum Gasteiger partial charge on any atom is 0.112 e. The fourth-order valence-corrected chi connectivity index (χ4v) is 3.56. The SMILES string of the molecule is CC(C)(C)CC(=S)NC(COC1/C=C\CCC(O)C(O)C1O)C(O)CC(N)O.CCC. The lowest BCUT2D eigenvalue weighted by Crippen LogP contribution is -2.51. The maximum atomic E-state index is 10.4. The molecule has 1 aliphatic rings. The zero-order valence-electron chi connectivity index (χ0n) is 19.6. The second kappa shape index (κ2) is 15.2. The number of hydrogen-bond donors (Lipinski definition) is 7. The van der Waals surface area contributed by atoms with Gasteiger partial charge in [-0.2, -0.15) is 0 Å². The van der Waals surface area contributed by atoms with E-state index in [9.17, 15) is 25.5 Å². The van der Waals surface area contributed by atoms with E-state index in [0.29, 0.717) is 24.3 Å². The molecule has 0 saturated carbocycles. The molecular formula is C22H44N2O6S. The number of allylic oxidation sites excluding steroid dienone is 1. The molecule has 0 aromatic rings. The molecule has 8 N–H and O–H groups in total. The highest BCUT2D eigenvalue weighted by Gasteiger charge is 2.33. The molecule has 0 aliphatic heterocycles. The first-order valence-corrected chi connectivity index (χ1v) is 11.5. The van der Waals surface area contributed by atoms with Gasteiger partial charge in [-0.1, -0.05) is 65.4 Å². The van der Waals surface area contributed by atoms with Crippen LogP contribution in [-0.2, 0) is 4.74 Å². The molecule has 0 heterocycles. The summed E-state index contributed by atoms with van der Waals surface area (Å²) in [6, 6.07) is -0.666. The van der Waals surface area contributed by atoms with Gasteiger partial charge in [0.2, 0.25) is 0 Å². The van der Waals surface area contributed by atoms with E-state index in [-0.39, 0.29) is 18.4 Å². The number of nitrogens with one attached hydrogen (secondary N) is 1. The summed E-state index contributed by atoms with van der Waals surface area (Å²) in [7, 11) is 0. The summed E-state index contributed by atoms with van der Waals surface area (Å²) in [6.45, 7) is 10.3. The van der Waals surface area contributed by atoms with Crippen molar-refractivity contribution in [3.63, 3.8) is 0 Å². The highest BCUT2D eigenvalue weighted by molar-refractivity contribution is 7.80. The van der Waals surface area contributed by atoms with Crippen LogP contribution in [0.1, 0.15) is 66.7 Å². The third kappa shape index (κ3) is 13.5. The molecule has 0 aromatic heterocycles. The molecule has 0 spiro atoms. The lowest BCUT2D eigenvalue weighted by molar-refractivity contribution is -0.117. The molecule has 0 radical (unpaired) electrons. The minimum Gasteiger partial charge on any atom is -0.391 e. The van der Waals surface area contributed by atoms with Gasteiger partial charge in [0.1, 0.15) is 24.5 Å². The van der Waals surface area contributed by atoms with E-state index in [1.165, 1.54) is 6.42 Å². The van der Waals surface area contributed by atoms with Crippen LogP contribution in [0.4, 0.5) is 0 Å². The van der Waals surface area contributed by atoms with E-state index in [0.717, 1.165) is 0 Å². The Morgan fingerprint density at radius 2 is 1.77 bits per heavy atom. The number of ether oxygens (including phenoxy) is 1. The Labute approximate surface area is 192 Å². The van der Waals surface area contributed by atoms with Gasteiger partial charge in [-0.3, -0.25) is 0 Å². The standard InChI is InChI=1S/C19H36N2O6S.C3H8/c1-19(2,3)9-16(28)21-11(13(23)8-15(20)24)10-27-14-7-5-4-6-12(22)17(25)18(14)26;1-3-2/h5,7,11-15,17-18,22-26H,4,6,8-10,20H2,1-3H3,(H,21,28);3H2,1-2H3/b7-5-;. The minimum absolute atomic E-state index is 0.0486. The monoisotopic (exact) mass is 464 g/mol. The van der Waals surface area contributed by atoms with Gasteiger partial charge in [0.15, 0.2) is 0 Å². The zero-order valence-corrected chi connectivity index (χ0v) is 20.4. The molecule has 7 unspecified atom stereocenters. The molecule has 1 aliphatic carbocycles. The highest BCUT2D eigenvalue weighted by atomic mass is 32.1. The predicted octanol–water partition coefficient (Wildman–Crippen LogP) is 0.971. The number of aliphatic hydroxyl groups is 5. The number of hydrogen-bond acceptors (Lipinski definition) is 8. The van der Waals surface area contributed by atoms with Gasteiger partial charge < -0.3 is 41.3 Å².